The van der Waals surface area contributed by atoms with Crippen molar-refractivity contribution in [1.29, 1.82) is 0 Å². The molecule has 9 heavy (non-hydrogen) atoms. The van der Waals surface area contributed by atoms with Gasteiger partial charge in [-0.15, -0.1) is 20.8 Å². The van der Waals surface area contributed by atoms with Crippen LogP contribution in [0.3, 0.4) is 0 Å². The fourth-order valence-electron chi connectivity index (χ4n) is 0.289. The van der Waals surface area contributed by atoms with Crippen molar-refractivity contribution < 1.29 is 90.9 Å². The molecule has 0 rings (SSSR count). The summed E-state index contributed by atoms with van der Waals surface area (Å²) in [6.07, 6.45) is 2.12. The molecule has 2 heteroatoms. The number of rotatable bonds is 1. The predicted octanol–water partition coefficient (Wildman–Crippen LogP) is -0.432. The summed E-state index contributed by atoms with van der Waals surface area (Å²) in [4.78, 5) is 0. The fraction of sp³-hybridized carbons (Fsp3) is 0.571. The van der Waals surface area contributed by atoms with Crippen molar-refractivity contribution in [3.63, 3.8) is 0 Å². The van der Waals surface area contributed by atoms with Crippen molar-refractivity contribution >= 4 is 0 Å². The van der Waals surface area contributed by atoms with Crippen LogP contribution in [0.15, 0.2) is 11.1 Å². The van der Waals surface area contributed by atoms with Gasteiger partial charge in [0, 0.05) is 32.7 Å². The smallest absolute Gasteiger partial charge is 0.230 e. The first-order chi connectivity index (χ1) is 3.18. The Morgan fingerprint density at radius 2 is 1.44 bits per heavy atom. The standard InChI is InChI=1S/C7H13.Rb.Y/c1-5-7(4)6(2)3;;/h5H,1-4H3;;/q-1;+1;. The normalized spacial score (nSPS) is 6.22. The van der Waals surface area contributed by atoms with E-state index in [9.17, 15) is 0 Å². The maximum atomic E-state index is 2.12. The largest absolute Gasteiger partial charge is 1.00 e. The maximum absolute atomic E-state index is 2.12. The molecule has 45 valence electrons. The van der Waals surface area contributed by atoms with Crippen LogP contribution in [0.5, 0.6) is 0 Å². The summed E-state index contributed by atoms with van der Waals surface area (Å²) < 4.78 is 0. The molecule has 0 saturated carbocycles. The Morgan fingerprint density at radius 1 is 1.11 bits per heavy atom. The van der Waals surface area contributed by atoms with Crippen molar-refractivity contribution in [2.24, 2.45) is 0 Å². The second-order valence-electron chi connectivity index (χ2n) is 1.97. The molecule has 0 amide bonds. The van der Waals surface area contributed by atoms with Crippen LogP contribution >= 0.6 is 0 Å². The van der Waals surface area contributed by atoms with Gasteiger partial charge < -0.3 is 0 Å². The monoisotopic (exact) mass is 271 g/mol. The Labute approximate surface area is 133 Å². The summed E-state index contributed by atoms with van der Waals surface area (Å²) in [5.74, 6) is 0. The summed E-state index contributed by atoms with van der Waals surface area (Å²) in [7, 11) is 0. The van der Waals surface area contributed by atoms with Crippen LogP contribution in [-0.2, 0) is 32.7 Å². The van der Waals surface area contributed by atoms with Crippen molar-refractivity contribution in [1.82, 2.24) is 0 Å². The average Bonchev–Trinajstić information content (AvgIpc) is 1.65. The summed E-state index contributed by atoms with van der Waals surface area (Å²) in [6, 6.07) is 0. The van der Waals surface area contributed by atoms with E-state index in [4.69, 9.17) is 0 Å². The van der Waals surface area contributed by atoms with Gasteiger partial charge in [-0.2, -0.15) is 0 Å². The first-order valence-electron chi connectivity index (χ1n) is 2.62. The second-order valence-corrected chi connectivity index (χ2v) is 1.97. The second kappa shape index (κ2) is 10.5. The van der Waals surface area contributed by atoms with Gasteiger partial charge in [0.2, 0.25) is 0 Å². The van der Waals surface area contributed by atoms with E-state index in [0.717, 1.165) is 0 Å². The number of allylic oxidation sites excluding steroid dienone is 2. The van der Waals surface area contributed by atoms with Crippen LogP contribution in [0.2, 0.25) is 0 Å². The minimum absolute atomic E-state index is 0. The number of hydrogen-bond donors (Lipinski definition) is 0. The van der Waals surface area contributed by atoms with E-state index in [1.807, 2.05) is 0 Å². The van der Waals surface area contributed by atoms with Crippen LogP contribution in [0.25, 0.3) is 0 Å². The van der Waals surface area contributed by atoms with E-state index in [0.29, 0.717) is 0 Å². The molecule has 0 N–H and O–H groups in total. The van der Waals surface area contributed by atoms with Gasteiger partial charge in [0.1, 0.15) is 0 Å². The van der Waals surface area contributed by atoms with Gasteiger partial charge in [0.25, 0.3) is 0 Å². The van der Waals surface area contributed by atoms with Crippen molar-refractivity contribution in [2.45, 2.75) is 27.7 Å². The third-order valence-electron chi connectivity index (χ3n) is 1.22. The van der Waals surface area contributed by atoms with E-state index in [1.54, 1.807) is 0 Å². The van der Waals surface area contributed by atoms with Crippen LogP contribution in [0.1, 0.15) is 27.7 Å². The molecule has 0 spiro atoms. The quantitative estimate of drug-likeness (QED) is 0.568. The van der Waals surface area contributed by atoms with Crippen LogP contribution < -0.4 is 58.2 Å². The molecule has 0 unspecified atom stereocenters. The molecule has 0 aliphatic heterocycles. The Kier molecular flexibility index (Phi) is 20.5. The van der Waals surface area contributed by atoms with E-state index in [2.05, 4.69) is 34.1 Å². The molecule has 0 aromatic carbocycles. The summed E-state index contributed by atoms with van der Waals surface area (Å²) in [5, 5.41) is 0. The van der Waals surface area contributed by atoms with Crippen LogP contribution in [0.4, 0.5) is 0 Å². The molecular weight excluding hydrogens is 258 g/mol. The SMILES string of the molecule is C[CH-]C(C)=C(C)C.[Rb+].[Y]. The van der Waals surface area contributed by atoms with Gasteiger partial charge in [-0.05, 0) is 0 Å². The Hall–Kier alpha value is 2.52. The van der Waals surface area contributed by atoms with E-state index >= 15 is 0 Å². The van der Waals surface area contributed by atoms with Crippen LogP contribution in [-0.4, -0.2) is 0 Å². The molecule has 0 atom stereocenters. The Bertz CT molecular complexity index is 82.9. The molecule has 0 aliphatic rings. The fourth-order valence-corrected chi connectivity index (χ4v) is 0.289. The first-order valence-corrected chi connectivity index (χ1v) is 2.62. The Balaban J connectivity index is -0.000000180. The van der Waals surface area contributed by atoms with Crippen molar-refractivity contribution in [3.8, 4) is 0 Å². The molecule has 0 fully saturated rings. The third-order valence-corrected chi connectivity index (χ3v) is 1.22. The van der Waals surface area contributed by atoms with E-state index in [-0.39, 0.29) is 90.9 Å². The molecule has 0 aromatic heterocycles. The zero-order chi connectivity index (χ0) is 5.86. The molecule has 0 heterocycles. The minimum Gasteiger partial charge on any atom is -0.230 e. The Morgan fingerprint density at radius 3 is 1.44 bits per heavy atom. The van der Waals surface area contributed by atoms with Gasteiger partial charge in [0.05, 0.1) is 0 Å². The van der Waals surface area contributed by atoms with E-state index < -0.39 is 0 Å². The molecule has 1 radical (unpaired) electrons. The zero-order valence-electron chi connectivity index (χ0n) is 7.15. The molecule has 0 nitrogen and oxygen atoms in total. The zero-order valence-corrected chi connectivity index (χ0v) is 14.9. The van der Waals surface area contributed by atoms with Crippen molar-refractivity contribution in [3.05, 3.63) is 17.6 Å². The van der Waals surface area contributed by atoms with Crippen LogP contribution in [0, 0.1) is 6.42 Å². The summed E-state index contributed by atoms with van der Waals surface area (Å²) in [6.45, 7) is 8.42. The maximum Gasteiger partial charge on any atom is 1.00 e. The van der Waals surface area contributed by atoms with Gasteiger partial charge in [-0.3, -0.25) is 0 Å². The minimum atomic E-state index is 0. The van der Waals surface area contributed by atoms with Gasteiger partial charge >= 0.3 is 58.2 Å². The molecule has 0 aromatic rings. The molecule has 0 bridgehead atoms. The van der Waals surface area contributed by atoms with Crippen molar-refractivity contribution in [2.75, 3.05) is 0 Å². The van der Waals surface area contributed by atoms with Gasteiger partial charge in [-0.25, -0.2) is 17.6 Å². The van der Waals surface area contributed by atoms with Gasteiger partial charge in [0.15, 0.2) is 0 Å². The van der Waals surface area contributed by atoms with E-state index in [1.165, 1.54) is 11.1 Å². The first kappa shape index (κ1) is 17.6. The average molecular weight is 272 g/mol. The topological polar surface area (TPSA) is 0 Å². The number of hydrogen-bond acceptors (Lipinski definition) is 0. The van der Waals surface area contributed by atoms with Gasteiger partial charge in [-0.1, -0.05) is 6.92 Å². The third kappa shape index (κ3) is 10.5. The molecular formula is C7H13RbY. The summed E-state index contributed by atoms with van der Waals surface area (Å²) >= 11 is 0. The summed E-state index contributed by atoms with van der Waals surface area (Å²) in [5.41, 5.74) is 2.79. The predicted molar refractivity (Wildman–Crippen MR) is 34.0 cm³/mol. The molecule has 0 aliphatic carbocycles. The molecule has 0 saturated heterocycles.